The third kappa shape index (κ3) is 27.2. The summed E-state index contributed by atoms with van der Waals surface area (Å²) in [6.07, 6.45) is 44.7. The number of benzene rings is 2. The topological polar surface area (TPSA) is 60.4 Å². The molecular formula is C56H82Br2N2O4. The zero-order valence-electron chi connectivity index (χ0n) is 39.3. The molecule has 0 aliphatic heterocycles. The highest BCUT2D eigenvalue weighted by Crippen LogP contribution is 2.22. The van der Waals surface area contributed by atoms with Gasteiger partial charge in [-0.25, -0.2) is 18.7 Å². The first-order valence-corrected chi connectivity index (χ1v) is 25.1. The molecule has 0 atom stereocenters. The number of aromatic nitrogens is 2. The molecule has 0 fully saturated rings. The van der Waals surface area contributed by atoms with Gasteiger partial charge >= 0.3 is 11.9 Å². The molecule has 2 aromatic carbocycles. The average molecular weight is 1010 g/mol. The number of ether oxygens (including phenoxy) is 2. The van der Waals surface area contributed by atoms with E-state index in [1.54, 1.807) is 0 Å². The number of carbonyl (C=O) groups excluding carboxylic acids is 2. The largest absolute Gasteiger partial charge is 1.00 e. The summed E-state index contributed by atoms with van der Waals surface area (Å²) < 4.78 is 15.7. The highest BCUT2D eigenvalue weighted by molar-refractivity contribution is 5.91. The van der Waals surface area contributed by atoms with Crippen molar-refractivity contribution in [2.45, 2.75) is 193 Å². The van der Waals surface area contributed by atoms with Gasteiger partial charge in [0.15, 0.2) is 24.8 Å². The van der Waals surface area contributed by atoms with Gasteiger partial charge < -0.3 is 43.4 Å². The van der Waals surface area contributed by atoms with Crippen molar-refractivity contribution in [1.82, 2.24) is 0 Å². The quantitative estimate of drug-likeness (QED) is 0.0258. The Bertz CT molecular complexity index is 1560. The van der Waals surface area contributed by atoms with Crippen LogP contribution < -0.4 is 43.1 Å². The Labute approximate surface area is 409 Å². The van der Waals surface area contributed by atoms with E-state index in [0.29, 0.717) is 24.3 Å². The number of hydrogen-bond acceptors (Lipinski definition) is 4. The average Bonchev–Trinajstić information content (AvgIpc) is 3.31. The van der Waals surface area contributed by atoms with Crippen LogP contribution in [0.15, 0.2) is 110 Å². The first-order chi connectivity index (χ1) is 30.7. The van der Waals surface area contributed by atoms with E-state index in [4.69, 9.17) is 9.47 Å². The summed E-state index contributed by atoms with van der Waals surface area (Å²) in [6.45, 7) is 3.22. The van der Waals surface area contributed by atoms with Gasteiger partial charge in [-0.15, -0.1) is 0 Å². The number of unbranched alkanes of at least 4 members (excludes halogenated alkanes) is 26. The molecule has 0 aliphatic carbocycles. The van der Waals surface area contributed by atoms with Gasteiger partial charge in [0.05, 0.1) is 24.3 Å². The van der Waals surface area contributed by atoms with Crippen LogP contribution in [0.4, 0.5) is 0 Å². The van der Waals surface area contributed by atoms with E-state index in [0.717, 1.165) is 49.9 Å². The number of pyridine rings is 2. The molecule has 8 heteroatoms. The minimum Gasteiger partial charge on any atom is -1.00 e. The van der Waals surface area contributed by atoms with Gasteiger partial charge in [-0.1, -0.05) is 178 Å². The molecule has 0 unspecified atom stereocenters. The first-order valence-electron chi connectivity index (χ1n) is 25.1. The lowest BCUT2D eigenvalue weighted by molar-refractivity contribution is -0.697. The van der Waals surface area contributed by atoms with Crippen LogP contribution in [0.3, 0.4) is 0 Å². The minimum absolute atomic E-state index is 0. The molecule has 0 saturated heterocycles. The van der Waals surface area contributed by atoms with E-state index in [2.05, 4.69) is 70.3 Å². The van der Waals surface area contributed by atoms with Crippen LogP contribution in [0, 0.1) is 0 Å². The Balaban J connectivity index is 0.00000704. The fourth-order valence-corrected chi connectivity index (χ4v) is 8.30. The second-order valence-electron chi connectivity index (χ2n) is 17.6. The molecule has 0 saturated carbocycles. The summed E-state index contributed by atoms with van der Waals surface area (Å²) in [5.41, 5.74) is 3.12. The third-order valence-electron chi connectivity index (χ3n) is 12.2. The Morgan fingerprint density at radius 3 is 0.812 bits per heavy atom. The van der Waals surface area contributed by atoms with Crippen LogP contribution in [-0.4, -0.2) is 25.2 Å². The van der Waals surface area contributed by atoms with Crippen molar-refractivity contribution in [3.63, 3.8) is 0 Å². The molecule has 4 aromatic rings. The molecule has 0 amide bonds. The molecular weight excluding hydrogens is 924 g/mol. The molecule has 354 valence electrons. The molecule has 4 rings (SSSR count). The second-order valence-corrected chi connectivity index (χ2v) is 17.6. The summed E-state index contributed by atoms with van der Waals surface area (Å²) in [4.78, 5) is 25.2. The monoisotopic (exact) mass is 1000 g/mol. The zero-order chi connectivity index (χ0) is 43.4. The number of aryl methyl sites for hydroxylation is 2. The maximum atomic E-state index is 12.6. The van der Waals surface area contributed by atoms with Crippen LogP contribution in [0.2, 0.25) is 0 Å². The number of carbonyl (C=O) groups is 2. The maximum Gasteiger partial charge on any atom is 0.338 e. The van der Waals surface area contributed by atoms with Crippen LogP contribution in [0.25, 0.3) is 11.1 Å². The highest BCUT2D eigenvalue weighted by atomic mass is 79.9. The maximum absolute atomic E-state index is 12.6. The molecule has 0 spiro atoms. The molecule has 6 nitrogen and oxygen atoms in total. The van der Waals surface area contributed by atoms with Gasteiger partial charge in [0.1, 0.15) is 13.1 Å². The minimum atomic E-state index is -0.266. The Morgan fingerprint density at radius 2 is 0.547 bits per heavy atom. The molecule has 64 heavy (non-hydrogen) atoms. The lowest BCUT2D eigenvalue weighted by atomic mass is 10.0. The Kier molecular flexibility index (Phi) is 34.5. The molecule has 0 bridgehead atoms. The summed E-state index contributed by atoms with van der Waals surface area (Å²) in [5, 5.41) is 0. The normalized spacial score (nSPS) is 10.8. The standard InChI is InChI=1S/C56H82N2O4.2BrH/c59-55(61-49-33-23-19-15-11-7-3-1-5-9-13-17-21-27-43-57-45-29-25-30-46-57)53-39-35-51(36-40-53)52-37-41-54(42-38-52)56(60)62-50-34-24-20-16-12-8-4-2-6-10-14-18-22-28-44-58-47-31-26-32-48-58;;/h25-26,29-32,35-42,45-48H,1-24,27-28,33-34,43-44,49-50H2;2*1H/q+2;;/p-2. The van der Waals surface area contributed by atoms with Gasteiger partial charge in [-0.2, -0.15) is 0 Å². The number of rotatable bonds is 37. The van der Waals surface area contributed by atoms with Crippen LogP contribution >= 0.6 is 0 Å². The second kappa shape index (κ2) is 38.9. The van der Waals surface area contributed by atoms with Gasteiger partial charge in [0.25, 0.3) is 0 Å². The lowest BCUT2D eigenvalue weighted by Gasteiger charge is -2.08. The lowest BCUT2D eigenvalue weighted by Crippen LogP contribution is -3.00. The van der Waals surface area contributed by atoms with Gasteiger partial charge in [0.2, 0.25) is 0 Å². The molecule has 2 heterocycles. The van der Waals surface area contributed by atoms with E-state index in [-0.39, 0.29) is 45.9 Å². The smallest absolute Gasteiger partial charge is 0.338 e. The Morgan fingerprint density at radius 1 is 0.312 bits per heavy atom. The summed E-state index contributed by atoms with van der Waals surface area (Å²) in [5.74, 6) is -0.532. The Hall–Kier alpha value is -3.36. The van der Waals surface area contributed by atoms with Gasteiger partial charge in [-0.3, -0.25) is 0 Å². The van der Waals surface area contributed by atoms with Crippen molar-refractivity contribution in [1.29, 1.82) is 0 Å². The summed E-state index contributed by atoms with van der Waals surface area (Å²) in [7, 11) is 0. The molecule has 0 aliphatic rings. The predicted molar refractivity (Wildman–Crippen MR) is 255 cm³/mol. The van der Waals surface area contributed by atoms with Crippen molar-refractivity contribution < 1.29 is 62.2 Å². The zero-order valence-corrected chi connectivity index (χ0v) is 42.5. The van der Waals surface area contributed by atoms with Crippen LogP contribution in [-0.2, 0) is 22.6 Å². The van der Waals surface area contributed by atoms with E-state index in [1.165, 1.54) is 154 Å². The van der Waals surface area contributed by atoms with Gasteiger partial charge in [0, 0.05) is 37.1 Å². The number of esters is 2. The molecule has 0 N–H and O–H groups in total. The van der Waals surface area contributed by atoms with Crippen molar-refractivity contribution in [2.24, 2.45) is 0 Å². The fourth-order valence-electron chi connectivity index (χ4n) is 8.30. The predicted octanol–water partition coefficient (Wildman–Crippen LogP) is 8.57. The van der Waals surface area contributed by atoms with E-state index < -0.39 is 0 Å². The summed E-state index contributed by atoms with van der Waals surface area (Å²) in [6, 6.07) is 27.6. The number of hydrogen-bond donors (Lipinski definition) is 0. The van der Waals surface area contributed by atoms with Crippen molar-refractivity contribution in [2.75, 3.05) is 13.2 Å². The summed E-state index contributed by atoms with van der Waals surface area (Å²) >= 11 is 0. The molecule has 2 aromatic heterocycles. The number of halogens is 2. The van der Waals surface area contributed by atoms with Gasteiger partial charge in [-0.05, 0) is 61.1 Å². The van der Waals surface area contributed by atoms with E-state index >= 15 is 0 Å². The van der Waals surface area contributed by atoms with Crippen molar-refractivity contribution in [3.05, 3.63) is 121 Å². The molecule has 0 radical (unpaired) electrons. The first kappa shape index (κ1) is 56.8. The highest BCUT2D eigenvalue weighted by Gasteiger charge is 2.10. The van der Waals surface area contributed by atoms with E-state index in [1.807, 2.05) is 48.5 Å². The number of nitrogens with zero attached hydrogens (tertiary/aromatic N) is 2. The SMILES string of the molecule is O=C(OCCCCCCCCCCCCCCCC[n+]1ccccc1)c1ccc(-c2ccc(C(=O)OCCCCCCCCCCCCCCCC[n+]3ccccc3)cc2)cc1.[Br-].[Br-]. The van der Waals surface area contributed by atoms with Crippen LogP contribution in [0.1, 0.15) is 200 Å². The van der Waals surface area contributed by atoms with Crippen molar-refractivity contribution >= 4 is 11.9 Å². The van der Waals surface area contributed by atoms with Crippen LogP contribution in [0.5, 0.6) is 0 Å². The third-order valence-corrected chi connectivity index (χ3v) is 12.2. The van der Waals surface area contributed by atoms with Crippen molar-refractivity contribution in [3.8, 4) is 11.1 Å². The fraction of sp³-hybridized carbons (Fsp3) is 0.571. The van der Waals surface area contributed by atoms with E-state index in [9.17, 15) is 9.59 Å².